The van der Waals surface area contributed by atoms with Crippen LogP contribution < -0.4 is 10.0 Å². The summed E-state index contributed by atoms with van der Waals surface area (Å²) in [6.45, 7) is 1.14. The van der Waals surface area contributed by atoms with Crippen LogP contribution in [0.2, 0.25) is 0 Å². The van der Waals surface area contributed by atoms with Gasteiger partial charge in [-0.2, -0.15) is 5.10 Å². The summed E-state index contributed by atoms with van der Waals surface area (Å²) in [5.41, 5.74) is 1.10. The lowest BCUT2D eigenvalue weighted by Crippen LogP contribution is -2.26. The standard InChI is InChI=1S/C13H19N5O2S/c1-14-8-6-11-2-4-12(5-3-11)21(19,20)17-9-7-13-15-10-16-18-13/h2-5,10,14,17H,6-9H2,1H3,(H,15,16,18). The van der Waals surface area contributed by atoms with Crippen molar-refractivity contribution in [1.82, 2.24) is 25.2 Å². The normalized spacial score (nSPS) is 11.7. The van der Waals surface area contributed by atoms with Crippen molar-refractivity contribution < 1.29 is 8.42 Å². The van der Waals surface area contributed by atoms with Gasteiger partial charge >= 0.3 is 0 Å². The average molecular weight is 309 g/mol. The van der Waals surface area contributed by atoms with Gasteiger partial charge in [0.25, 0.3) is 0 Å². The molecule has 0 aliphatic rings. The van der Waals surface area contributed by atoms with E-state index in [-0.39, 0.29) is 11.4 Å². The van der Waals surface area contributed by atoms with Crippen molar-refractivity contribution >= 4 is 10.0 Å². The maximum Gasteiger partial charge on any atom is 0.240 e. The topological polar surface area (TPSA) is 99.8 Å². The fraction of sp³-hybridized carbons (Fsp3) is 0.385. The van der Waals surface area contributed by atoms with E-state index in [1.807, 2.05) is 19.2 Å². The highest BCUT2D eigenvalue weighted by molar-refractivity contribution is 7.89. The highest BCUT2D eigenvalue weighted by atomic mass is 32.2. The number of sulfonamides is 1. The van der Waals surface area contributed by atoms with Crippen molar-refractivity contribution in [2.75, 3.05) is 20.1 Å². The van der Waals surface area contributed by atoms with Gasteiger partial charge in [0.2, 0.25) is 10.0 Å². The van der Waals surface area contributed by atoms with Crippen LogP contribution >= 0.6 is 0 Å². The van der Waals surface area contributed by atoms with Crippen LogP contribution in [-0.4, -0.2) is 43.7 Å². The van der Waals surface area contributed by atoms with E-state index in [0.29, 0.717) is 12.2 Å². The summed E-state index contributed by atoms with van der Waals surface area (Å²) in [6.07, 6.45) is 2.74. The third-order valence-corrected chi connectivity index (χ3v) is 4.49. The summed E-state index contributed by atoms with van der Waals surface area (Å²) in [4.78, 5) is 4.21. The van der Waals surface area contributed by atoms with Gasteiger partial charge in [-0.05, 0) is 37.7 Å². The number of nitrogens with zero attached hydrogens (tertiary/aromatic N) is 2. The largest absolute Gasteiger partial charge is 0.319 e. The van der Waals surface area contributed by atoms with E-state index in [2.05, 4.69) is 25.2 Å². The minimum absolute atomic E-state index is 0.272. The predicted molar refractivity (Wildman–Crippen MR) is 79.3 cm³/mol. The zero-order chi connectivity index (χ0) is 15.1. The monoisotopic (exact) mass is 309 g/mol. The molecule has 3 N–H and O–H groups in total. The van der Waals surface area contributed by atoms with Crippen molar-refractivity contribution in [2.24, 2.45) is 0 Å². The van der Waals surface area contributed by atoms with E-state index in [1.54, 1.807) is 12.1 Å². The van der Waals surface area contributed by atoms with Crippen LogP contribution in [0.3, 0.4) is 0 Å². The molecule has 0 saturated heterocycles. The van der Waals surface area contributed by atoms with E-state index < -0.39 is 10.0 Å². The third-order valence-electron chi connectivity index (χ3n) is 3.02. The third kappa shape index (κ3) is 4.62. The van der Waals surface area contributed by atoms with Gasteiger partial charge in [0.1, 0.15) is 12.2 Å². The summed E-state index contributed by atoms with van der Waals surface area (Å²) in [7, 11) is -1.59. The Bertz CT molecular complexity index is 638. The van der Waals surface area contributed by atoms with Crippen LogP contribution in [0.15, 0.2) is 35.5 Å². The lowest BCUT2D eigenvalue weighted by molar-refractivity contribution is 0.581. The van der Waals surface area contributed by atoms with Gasteiger partial charge in [-0.3, -0.25) is 5.10 Å². The Morgan fingerprint density at radius 1 is 1.14 bits per heavy atom. The van der Waals surface area contributed by atoms with Crippen LogP contribution in [0.1, 0.15) is 11.4 Å². The molecule has 0 unspecified atom stereocenters. The number of hydrogen-bond acceptors (Lipinski definition) is 5. The van der Waals surface area contributed by atoms with Crippen LogP contribution in [-0.2, 0) is 22.9 Å². The zero-order valence-corrected chi connectivity index (χ0v) is 12.7. The minimum Gasteiger partial charge on any atom is -0.319 e. The molecule has 8 heteroatoms. The molecule has 1 aromatic heterocycles. The number of hydrogen-bond donors (Lipinski definition) is 3. The Morgan fingerprint density at radius 2 is 1.90 bits per heavy atom. The van der Waals surface area contributed by atoms with E-state index >= 15 is 0 Å². The second kappa shape index (κ2) is 7.30. The van der Waals surface area contributed by atoms with Crippen LogP contribution in [0.25, 0.3) is 0 Å². The number of rotatable bonds is 8. The average Bonchev–Trinajstić information content (AvgIpc) is 2.98. The summed E-state index contributed by atoms with van der Waals surface area (Å²) in [6, 6.07) is 6.92. The number of nitrogens with one attached hydrogen (secondary N) is 3. The zero-order valence-electron chi connectivity index (χ0n) is 11.8. The Hall–Kier alpha value is -1.77. The molecule has 0 amide bonds. The molecule has 1 heterocycles. The molecule has 21 heavy (non-hydrogen) atoms. The van der Waals surface area contributed by atoms with Crippen LogP contribution in [0, 0.1) is 0 Å². The maximum absolute atomic E-state index is 12.1. The van der Waals surface area contributed by atoms with E-state index in [0.717, 1.165) is 18.5 Å². The first-order chi connectivity index (χ1) is 10.1. The fourth-order valence-corrected chi connectivity index (χ4v) is 2.87. The predicted octanol–water partition coefficient (Wildman–Crippen LogP) is 0.0876. The molecule has 2 rings (SSSR count). The number of aromatic amines is 1. The first-order valence-corrected chi connectivity index (χ1v) is 8.17. The van der Waals surface area contributed by atoms with Gasteiger partial charge in [0, 0.05) is 13.0 Å². The molecular formula is C13H19N5O2S. The maximum atomic E-state index is 12.1. The first kappa shape index (κ1) is 15.6. The van der Waals surface area contributed by atoms with Gasteiger partial charge in [-0.25, -0.2) is 18.1 Å². The highest BCUT2D eigenvalue weighted by Crippen LogP contribution is 2.10. The van der Waals surface area contributed by atoms with Crippen molar-refractivity contribution in [3.63, 3.8) is 0 Å². The second-order valence-electron chi connectivity index (χ2n) is 4.58. The molecule has 1 aromatic carbocycles. The molecule has 0 bridgehead atoms. The molecule has 7 nitrogen and oxygen atoms in total. The van der Waals surface area contributed by atoms with E-state index in [1.165, 1.54) is 6.33 Å². The van der Waals surface area contributed by atoms with E-state index in [9.17, 15) is 8.42 Å². The Balaban J connectivity index is 1.92. The second-order valence-corrected chi connectivity index (χ2v) is 6.34. The molecule has 0 saturated carbocycles. The van der Waals surface area contributed by atoms with Crippen molar-refractivity contribution in [3.05, 3.63) is 42.0 Å². The SMILES string of the molecule is CNCCc1ccc(S(=O)(=O)NCCc2ncn[nH]2)cc1. The Labute approximate surface area is 124 Å². The minimum atomic E-state index is -3.48. The molecule has 0 atom stereocenters. The first-order valence-electron chi connectivity index (χ1n) is 6.69. The summed E-state index contributed by atoms with van der Waals surface area (Å²) in [5, 5.41) is 9.46. The Kier molecular flexibility index (Phi) is 5.43. The van der Waals surface area contributed by atoms with Crippen LogP contribution in [0.5, 0.6) is 0 Å². The highest BCUT2D eigenvalue weighted by Gasteiger charge is 2.13. The van der Waals surface area contributed by atoms with Gasteiger partial charge in [-0.1, -0.05) is 12.1 Å². The summed E-state index contributed by atoms with van der Waals surface area (Å²) in [5.74, 6) is 0.653. The van der Waals surface area contributed by atoms with Gasteiger partial charge < -0.3 is 5.32 Å². The summed E-state index contributed by atoms with van der Waals surface area (Å²) >= 11 is 0. The van der Waals surface area contributed by atoms with Crippen molar-refractivity contribution in [3.8, 4) is 0 Å². The fourth-order valence-electron chi connectivity index (χ4n) is 1.84. The lowest BCUT2D eigenvalue weighted by atomic mass is 10.1. The van der Waals surface area contributed by atoms with Gasteiger partial charge in [-0.15, -0.1) is 0 Å². The molecule has 0 aliphatic heterocycles. The molecule has 0 spiro atoms. The lowest BCUT2D eigenvalue weighted by Gasteiger charge is -2.07. The number of benzene rings is 1. The summed E-state index contributed by atoms with van der Waals surface area (Å²) < 4.78 is 26.8. The molecular weight excluding hydrogens is 290 g/mol. The van der Waals surface area contributed by atoms with Gasteiger partial charge in [0.15, 0.2) is 0 Å². The molecule has 114 valence electrons. The molecule has 2 aromatic rings. The molecule has 0 radical (unpaired) electrons. The van der Waals surface area contributed by atoms with Crippen molar-refractivity contribution in [2.45, 2.75) is 17.7 Å². The van der Waals surface area contributed by atoms with E-state index in [4.69, 9.17) is 0 Å². The van der Waals surface area contributed by atoms with Crippen LogP contribution in [0.4, 0.5) is 0 Å². The Morgan fingerprint density at radius 3 is 2.52 bits per heavy atom. The number of likely N-dealkylation sites (N-methyl/N-ethyl adjacent to an activating group) is 1. The quantitative estimate of drug-likeness (QED) is 0.641. The number of H-pyrrole nitrogens is 1. The number of aromatic nitrogens is 3. The van der Waals surface area contributed by atoms with Crippen molar-refractivity contribution in [1.29, 1.82) is 0 Å². The van der Waals surface area contributed by atoms with Gasteiger partial charge in [0.05, 0.1) is 4.90 Å². The smallest absolute Gasteiger partial charge is 0.240 e. The molecule has 0 aliphatic carbocycles. The molecule has 0 fully saturated rings.